The molecule has 0 spiro atoms. The number of aromatic nitrogens is 6. The van der Waals surface area contributed by atoms with Crippen LogP contribution >= 0.6 is 11.3 Å². The first kappa shape index (κ1) is 76.8. The minimum absolute atomic E-state index is 0.690. The van der Waals surface area contributed by atoms with Crippen LogP contribution in [-0.4, -0.2) is 29.1 Å². The molecule has 0 amide bonds. The molecule has 618 valence electrons. The lowest BCUT2D eigenvalue weighted by molar-refractivity contribution is 1.18. The van der Waals surface area contributed by atoms with Crippen LogP contribution in [0.5, 0.6) is 0 Å². The highest BCUT2D eigenvalue weighted by Crippen LogP contribution is 2.50. The maximum Gasteiger partial charge on any atom is 0.161 e. The predicted octanol–water partition coefficient (Wildman–Crippen LogP) is 34.3. The minimum atomic E-state index is 0.690. The van der Waals surface area contributed by atoms with Crippen LogP contribution in [0.15, 0.2) is 473 Å². The molecule has 0 aliphatic rings. The number of benzene rings is 22. The molecule has 22 aromatic carbocycles. The largest absolute Gasteiger partial charge is 0.309 e. The van der Waals surface area contributed by atoms with Gasteiger partial charge in [0.05, 0.1) is 50.2 Å². The van der Waals surface area contributed by atoms with E-state index in [9.17, 15) is 0 Å². The van der Waals surface area contributed by atoms with Crippen LogP contribution < -0.4 is 0 Å². The first-order valence-corrected chi connectivity index (χ1v) is 46.2. The van der Waals surface area contributed by atoms with E-state index in [0.717, 1.165) is 88.7 Å². The van der Waals surface area contributed by atoms with Crippen molar-refractivity contribution in [2.45, 2.75) is 0 Å². The number of thiophene rings is 1. The van der Waals surface area contributed by atoms with Gasteiger partial charge in [0.15, 0.2) is 11.6 Å². The van der Waals surface area contributed by atoms with E-state index in [4.69, 9.17) is 19.9 Å². The zero-order chi connectivity index (χ0) is 87.6. The number of hydrogen-bond acceptors (Lipinski definition) is 5. The minimum Gasteiger partial charge on any atom is -0.309 e. The Morgan fingerprint density at radius 1 is 0.180 bits per heavy atom. The molecule has 7 heteroatoms. The Kier molecular flexibility index (Phi) is 18.4. The van der Waals surface area contributed by atoms with Crippen molar-refractivity contribution in [3.8, 4) is 123 Å². The quantitative estimate of drug-likeness (QED) is 0.122. The Morgan fingerprint density at radius 3 is 1.09 bits per heavy atom. The molecule has 27 aromatic rings. The third-order valence-electron chi connectivity index (χ3n) is 27.0. The summed E-state index contributed by atoms with van der Waals surface area (Å²) in [5.74, 6) is 1.40. The van der Waals surface area contributed by atoms with Crippen molar-refractivity contribution in [1.29, 1.82) is 0 Å². The average Bonchev–Trinajstić information content (AvgIpc) is 1.59. The molecule has 0 unspecified atom stereocenters. The van der Waals surface area contributed by atoms with Gasteiger partial charge in [0.25, 0.3) is 0 Å². The second kappa shape index (κ2) is 31.8. The number of rotatable bonds is 12. The van der Waals surface area contributed by atoms with Crippen LogP contribution in [-0.2, 0) is 0 Å². The molecular weight excluding hydrogens is 1630 g/mol. The first-order chi connectivity index (χ1) is 65.9. The van der Waals surface area contributed by atoms with Gasteiger partial charge in [0.1, 0.15) is 0 Å². The lowest BCUT2D eigenvalue weighted by Crippen LogP contribution is -1.99. The predicted molar refractivity (Wildman–Crippen MR) is 563 cm³/mol. The fourth-order valence-electron chi connectivity index (χ4n) is 20.7. The van der Waals surface area contributed by atoms with E-state index in [2.05, 4.69) is 482 Å². The number of fused-ring (bicyclic) bond motifs is 20. The molecular formula is C126H78N6S. The summed E-state index contributed by atoms with van der Waals surface area (Å²) < 4.78 is 7.54. The molecule has 133 heavy (non-hydrogen) atoms. The monoisotopic (exact) mass is 1710 g/mol. The summed E-state index contributed by atoms with van der Waals surface area (Å²) in [4.78, 5) is 21.2. The third kappa shape index (κ3) is 13.1. The zero-order valence-corrected chi connectivity index (χ0v) is 72.9. The van der Waals surface area contributed by atoms with Crippen LogP contribution in [0.1, 0.15) is 0 Å². The van der Waals surface area contributed by atoms with Crippen molar-refractivity contribution in [2.24, 2.45) is 0 Å². The Bertz CT molecular complexity index is 9210. The van der Waals surface area contributed by atoms with Crippen LogP contribution in [0.4, 0.5) is 0 Å². The van der Waals surface area contributed by atoms with Gasteiger partial charge in [0.2, 0.25) is 0 Å². The molecule has 5 heterocycles. The summed E-state index contributed by atoms with van der Waals surface area (Å²) in [5, 5.41) is 22.0. The van der Waals surface area contributed by atoms with Gasteiger partial charge in [0, 0.05) is 91.4 Å². The van der Waals surface area contributed by atoms with Crippen LogP contribution in [0.2, 0.25) is 0 Å². The van der Waals surface area contributed by atoms with Crippen molar-refractivity contribution in [2.75, 3.05) is 0 Å². The average molecular weight is 1710 g/mol. The van der Waals surface area contributed by atoms with Crippen molar-refractivity contribution in [3.05, 3.63) is 473 Å². The first-order valence-electron chi connectivity index (χ1n) is 45.4. The summed E-state index contributed by atoms with van der Waals surface area (Å²) in [5.41, 5.74) is 29.0. The van der Waals surface area contributed by atoms with Gasteiger partial charge in [-0.3, -0.25) is 0 Å². The fourth-order valence-corrected chi connectivity index (χ4v) is 22.0. The van der Waals surface area contributed by atoms with Crippen molar-refractivity contribution in [1.82, 2.24) is 29.1 Å². The Morgan fingerprint density at radius 2 is 0.549 bits per heavy atom. The molecule has 0 aliphatic heterocycles. The van der Waals surface area contributed by atoms with Crippen molar-refractivity contribution in [3.63, 3.8) is 0 Å². The lowest BCUT2D eigenvalue weighted by atomic mass is 9.93. The van der Waals surface area contributed by atoms with Crippen molar-refractivity contribution < 1.29 is 0 Å². The summed E-state index contributed by atoms with van der Waals surface area (Å²) >= 11 is 1.88. The molecule has 0 bridgehead atoms. The highest BCUT2D eigenvalue weighted by Gasteiger charge is 2.26. The maximum atomic E-state index is 5.39. The van der Waals surface area contributed by atoms with Crippen LogP contribution in [0.25, 0.3) is 263 Å². The molecule has 0 fully saturated rings. The highest BCUT2D eigenvalue weighted by molar-refractivity contribution is 7.26. The second-order valence-corrected chi connectivity index (χ2v) is 35.6. The molecule has 5 aromatic heterocycles. The van der Waals surface area contributed by atoms with Crippen LogP contribution in [0, 0.1) is 0 Å². The Labute approximate surface area is 770 Å². The summed E-state index contributed by atoms with van der Waals surface area (Å²) in [6.07, 6.45) is 0. The van der Waals surface area contributed by atoms with E-state index >= 15 is 0 Å². The summed E-state index contributed by atoms with van der Waals surface area (Å²) in [6, 6.07) is 171. The molecule has 0 atom stereocenters. The highest BCUT2D eigenvalue weighted by atomic mass is 32.1. The fraction of sp³-hybridized carbons (Fsp3) is 0. The van der Waals surface area contributed by atoms with Crippen molar-refractivity contribution >= 4 is 151 Å². The van der Waals surface area contributed by atoms with Crippen LogP contribution in [0.3, 0.4) is 0 Å². The van der Waals surface area contributed by atoms with Gasteiger partial charge in [-0.05, 0) is 213 Å². The molecule has 0 radical (unpaired) electrons. The topological polar surface area (TPSA) is 61.4 Å². The molecule has 0 saturated heterocycles. The summed E-state index contributed by atoms with van der Waals surface area (Å²) in [7, 11) is 0. The molecule has 0 aliphatic carbocycles. The van der Waals surface area contributed by atoms with E-state index in [1.165, 1.54) is 163 Å². The molecule has 0 N–H and O–H groups in total. The Balaban J connectivity index is 0.000000143. The van der Waals surface area contributed by atoms with E-state index in [1.54, 1.807) is 0 Å². The van der Waals surface area contributed by atoms with Gasteiger partial charge in [-0.15, -0.1) is 11.3 Å². The lowest BCUT2D eigenvalue weighted by Gasteiger charge is -2.16. The van der Waals surface area contributed by atoms with E-state index in [0.29, 0.717) is 11.6 Å². The zero-order valence-electron chi connectivity index (χ0n) is 72.1. The molecule has 27 rings (SSSR count). The SMILES string of the molecule is c1ccc(-c2cc(-c3ccccc3)cc(-c3ccc(-c4nc(-c5ccc(-n6c7ccc8ccccc8c7c7c8ccccc8c(-c8cccc9c8sc8ccccc89)cc76)cc5)nc5ccccc45)cc3)c2)cc1.c1ccc(-c2cccc(-c3ccc(-c4nc(-c5ccc(-n6c7ccc8ccccc8c7c7c8ccccc8ccc76)c6ccccc56)nc5ccccc45)cc3)c2)cc1. The second-order valence-electron chi connectivity index (χ2n) is 34.5. The van der Waals surface area contributed by atoms with Gasteiger partial charge in [-0.2, -0.15) is 0 Å². The van der Waals surface area contributed by atoms with E-state index in [1.807, 2.05) is 11.3 Å². The number of hydrogen-bond donors (Lipinski definition) is 0. The van der Waals surface area contributed by atoms with Gasteiger partial charge >= 0.3 is 0 Å². The number of nitrogens with zero attached hydrogens (tertiary/aromatic N) is 6. The van der Waals surface area contributed by atoms with Gasteiger partial charge < -0.3 is 9.13 Å². The summed E-state index contributed by atoms with van der Waals surface area (Å²) in [6.45, 7) is 0. The maximum absolute atomic E-state index is 5.39. The van der Waals surface area contributed by atoms with E-state index < -0.39 is 0 Å². The Hall–Kier alpha value is -17.4. The van der Waals surface area contributed by atoms with Gasteiger partial charge in [-0.1, -0.05) is 370 Å². The smallest absolute Gasteiger partial charge is 0.161 e. The molecule has 0 saturated carbocycles. The third-order valence-corrected chi connectivity index (χ3v) is 28.2. The molecule has 6 nitrogen and oxygen atoms in total. The number of para-hydroxylation sites is 2. The van der Waals surface area contributed by atoms with Gasteiger partial charge in [-0.25, -0.2) is 19.9 Å². The van der Waals surface area contributed by atoms with E-state index in [-0.39, 0.29) is 0 Å². The standard InChI is InChI=1S/C70H43N3S.C56H35N3/c1-3-16-44(17-4-1)50-40-51(45-18-5-2-6-19-45)42-52(41-50)46-30-32-48(33-31-46)68-60-25-11-13-28-62(60)71-70(72-68)49-34-37-53(38-35-49)73-63-39-36-47-20-7-8-21-54(47)66(63)67-57-24-10-9-22-55(57)61(43-64(67)73)59-27-15-26-58-56-23-12-14-29-65(56)74-69(58)59;1-2-13-36(14-3-1)41-17-12-18-42(35-41)37-25-27-40(28-26-37)55-48-23-10-11-24-49(48)57-56(58-55)47-31-34-50(46-22-9-8-21-45(46)47)59-51-32-29-38-15-4-6-19-43(38)53(51)54-44-20-7-5-16-39(44)30-33-52(54)59/h1-43H;1-35H. The normalized spacial score (nSPS) is 11.8.